The van der Waals surface area contributed by atoms with E-state index in [9.17, 15) is 9.18 Å². The minimum atomic E-state index is -1.89. The molecule has 0 aliphatic rings. The Bertz CT molecular complexity index is 367. The molecule has 0 aliphatic carbocycles. The fourth-order valence-corrected chi connectivity index (χ4v) is 1.45. The molecule has 1 rings (SSSR count). The summed E-state index contributed by atoms with van der Waals surface area (Å²) < 4.78 is 14.2. The lowest BCUT2D eigenvalue weighted by molar-refractivity contribution is -0.126. The molecular formula is C11H13BrFNO2. The first-order valence-electron chi connectivity index (χ1n) is 4.78. The molecule has 0 fully saturated rings. The van der Waals surface area contributed by atoms with Crippen LogP contribution in [0.4, 0.5) is 10.1 Å². The summed E-state index contributed by atoms with van der Waals surface area (Å²) in [7, 11) is 1.47. The molecule has 1 amide bonds. The lowest BCUT2D eigenvalue weighted by Gasteiger charge is -2.20. The molecule has 1 aromatic rings. The summed E-state index contributed by atoms with van der Waals surface area (Å²) in [5.74, 6) is -0.752. The van der Waals surface area contributed by atoms with E-state index in [4.69, 9.17) is 5.11 Å². The van der Waals surface area contributed by atoms with E-state index < -0.39 is 18.2 Å². The second kappa shape index (κ2) is 5.41. The van der Waals surface area contributed by atoms with Crippen LogP contribution in [0.15, 0.2) is 28.7 Å². The van der Waals surface area contributed by atoms with Gasteiger partial charge < -0.3 is 10.0 Å². The topological polar surface area (TPSA) is 40.5 Å². The zero-order valence-electron chi connectivity index (χ0n) is 9.02. The number of hydrogen-bond donors (Lipinski definition) is 1. The van der Waals surface area contributed by atoms with Gasteiger partial charge in [-0.05, 0) is 31.2 Å². The van der Waals surface area contributed by atoms with E-state index in [1.165, 1.54) is 18.9 Å². The second-order valence-corrected chi connectivity index (χ2v) is 4.43. The monoisotopic (exact) mass is 289 g/mol. The number of carbonyl (C=O) groups is 1. The first kappa shape index (κ1) is 13.1. The van der Waals surface area contributed by atoms with Crippen LogP contribution in [0.1, 0.15) is 6.92 Å². The number of benzene rings is 1. The minimum Gasteiger partial charge on any atom is -0.390 e. The van der Waals surface area contributed by atoms with Gasteiger partial charge in [-0.25, -0.2) is 4.39 Å². The van der Waals surface area contributed by atoms with E-state index in [2.05, 4.69) is 15.9 Å². The van der Waals surface area contributed by atoms with Gasteiger partial charge in [-0.1, -0.05) is 15.9 Å². The van der Waals surface area contributed by atoms with E-state index >= 15 is 0 Å². The van der Waals surface area contributed by atoms with Gasteiger partial charge in [-0.3, -0.25) is 4.79 Å². The van der Waals surface area contributed by atoms with Crippen molar-refractivity contribution < 1.29 is 14.3 Å². The average Bonchev–Trinajstić information content (AvgIpc) is 2.27. The fraction of sp³-hybridized carbons (Fsp3) is 0.364. The molecule has 2 unspecified atom stereocenters. The number of nitrogens with zero attached hydrogens (tertiary/aromatic N) is 1. The molecular weight excluding hydrogens is 277 g/mol. The molecule has 2 atom stereocenters. The quantitative estimate of drug-likeness (QED) is 0.926. The zero-order chi connectivity index (χ0) is 12.3. The number of rotatable bonds is 3. The molecule has 0 aromatic heterocycles. The average molecular weight is 290 g/mol. The van der Waals surface area contributed by atoms with Crippen LogP contribution in [0.2, 0.25) is 0 Å². The van der Waals surface area contributed by atoms with Crippen molar-refractivity contribution in [2.75, 3.05) is 11.9 Å². The van der Waals surface area contributed by atoms with E-state index in [1.807, 2.05) is 0 Å². The number of amides is 1. The molecule has 1 aromatic carbocycles. The van der Waals surface area contributed by atoms with Crippen molar-refractivity contribution in [1.82, 2.24) is 0 Å². The maximum absolute atomic E-state index is 13.3. The van der Waals surface area contributed by atoms with Crippen LogP contribution in [0.3, 0.4) is 0 Å². The molecule has 5 heteroatoms. The third-order valence-corrected chi connectivity index (χ3v) is 2.73. The molecule has 0 saturated heterocycles. The van der Waals surface area contributed by atoms with Gasteiger partial charge in [0.2, 0.25) is 6.17 Å². The summed E-state index contributed by atoms with van der Waals surface area (Å²) in [6, 6.07) is 6.90. The van der Waals surface area contributed by atoms with Crippen molar-refractivity contribution in [2.24, 2.45) is 0 Å². The fourth-order valence-electron chi connectivity index (χ4n) is 1.18. The Hall–Kier alpha value is -0.940. The lowest BCUT2D eigenvalue weighted by Crippen LogP contribution is -2.39. The molecule has 0 bridgehead atoms. The maximum atomic E-state index is 13.3. The van der Waals surface area contributed by atoms with Crippen LogP contribution >= 0.6 is 15.9 Å². The third kappa shape index (κ3) is 3.02. The highest BCUT2D eigenvalue weighted by Crippen LogP contribution is 2.18. The summed E-state index contributed by atoms with van der Waals surface area (Å²) in [6.45, 7) is 1.25. The van der Waals surface area contributed by atoms with Crippen LogP contribution in [0.25, 0.3) is 0 Å². The Balaban J connectivity index is 2.82. The van der Waals surface area contributed by atoms with Gasteiger partial charge in [0.15, 0.2) is 0 Å². The summed E-state index contributed by atoms with van der Waals surface area (Å²) in [5, 5.41) is 9.00. The van der Waals surface area contributed by atoms with E-state index in [0.717, 1.165) is 4.47 Å². The molecule has 3 nitrogen and oxygen atoms in total. The molecule has 0 aliphatic heterocycles. The highest BCUT2D eigenvalue weighted by Gasteiger charge is 2.26. The van der Waals surface area contributed by atoms with Crippen molar-refractivity contribution in [3.63, 3.8) is 0 Å². The van der Waals surface area contributed by atoms with Crippen LogP contribution in [-0.2, 0) is 4.79 Å². The standard InChI is InChI=1S/C11H13BrFNO2/c1-7(15)10(13)11(16)14(2)9-5-3-8(12)4-6-9/h3-7,10,15H,1-2H3. The van der Waals surface area contributed by atoms with E-state index in [1.54, 1.807) is 24.3 Å². The lowest BCUT2D eigenvalue weighted by atomic mass is 10.2. The highest BCUT2D eigenvalue weighted by atomic mass is 79.9. The smallest absolute Gasteiger partial charge is 0.263 e. The first-order valence-corrected chi connectivity index (χ1v) is 5.58. The Labute approximate surface area is 102 Å². The number of carbonyl (C=O) groups excluding carboxylic acids is 1. The Morgan fingerprint density at radius 2 is 1.94 bits per heavy atom. The highest BCUT2D eigenvalue weighted by molar-refractivity contribution is 9.10. The predicted octanol–water partition coefficient (Wildman–Crippen LogP) is 2.13. The number of halogens is 2. The van der Waals surface area contributed by atoms with Crippen molar-refractivity contribution in [2.45, 2.75) is 19.2 Å². The Kier molecular flexibility index (Phi) is 4.44. The SMILES string of the molecule is CC(O)C(F)C(=O)N(C)c1ccc(Br)cc1. The second-order valence-electron chi connectivity index (χ2n) is 3.52. The Morgan fingerprint density at radius 1 is 1.44 bits per heavy atom. The third-order valence-electron chi connectivity index (χ3n) is 2.20. The van der Waals surface area contributed by atoms with Crippen molar-refractivity contribution in [3.8, 4) is 0 Å². The number of aliphatic hydroxyl groups is 1. The van der Waals surface area contributed by atoms with Crippen LogP contribution in [-0.4, -0.2) is 30.3 Å². The Morgan fingerprint density at radius 3 is 2.38 bits per heavy atom. The molecule has 1 N–H and O–H groups in total. The summed E-state index contributed by atoms with van der Waals surface area (Å²) in [4.78, 5) is 12.7. The van der Waals surface area contributed by atoms with Gasteiger partial charge in [0.1, 0.15) is 0 Å². The van der Waals surface area contributed by atoms with Crippen molar-refractivity contribution in [1.29, 1.82) is 0 Å². The van der Waals surface area contributed by atoms with Gasteiger partial charge in [-0.2, -0.15) is 0 Å². The molecule has 88 valence electrons. The van der Waals surface area contributed by atoms with Gasteiger partial charge >= 0.3 is 0 Å². The van der Waals surface area contributed by atoms with Crippen LogP contribution in [0, 0.1) is 0 Å². The molecule has 0 spiro atoms. The van der Waals surface area contributed by atoms with Crippen molar-refractivity contribution >= 4 is 27.5 Å². The van der Waals surface area contributed by atoms with Crippen molar-refractivity contribution in [3.05, 3.63) is 28.7 Å². The van der Waals surface area contributed by atoms with Gasteiger partial charge in [0, 0.05) is 17.2 Å². The zero-order valence-corrected chi connectivity index (χ0v) is 10.6. The molecule has 0 saturated carbocycles. The first-order chi connectivity index (χ1) is 7.43. The number of hydrogen-bond acceptors (Lipinski definition) is 2. The molecule has 0 radical (unpaired) electrons. The minimum absolute atomic E-state index is 0.580. The van der Waals surface area contributed by atoms with E-state index in [0.29, 0.717) is 5.69 Å². The molecule has 16 heavy (non-hydrogen) atoms. The number of alkyl halides is 1. The van der Waals surface area contributed by atoms with Gasteiger partial charge in [0.05, 0.1) is 6.10 Å². The number of anilines is 1. The van der Waals surface area contributed by atoms with E-state index in [-0.39, 0.29) is 0 Å². The summed E-state index contributed by atoms with van der Waals surface area (Å²) in [5.41, 5.74) is 0.580. The molecule has 0 heterocycles. The summed E-state index contributed by atoms with van der Waals surface area (Å²) in [6.07, 6.45) is -3.20. The van der Waals surface area contributed by atoms with Crippen LogP contribution in [0.5, 0.6) is 0 Å². The summed E-state index contributed by atoms with van der Waals surface area (Å²) >= 11 is 3.27. The van der Waals surface area contributed by atoms with Crippen LogP contribution < -0.4 is 4.90 Å². The van der Waals surface area contributed by atoms with Gasteiger partial charge in [0.25, 0.3) is 5.91 Å². The predicted molar refractivity (Wildman–Crippen MR) is 64.1 cm³/mol. The van der Waals surface area contributed by atoms with Gasteiger partial charge in [-0.15, -0.1) is 0 Å². The maximum Gasteiger partial charge on any atom is 0.263 e. The normalized spacial score (nSPS) is 14.3. The largest absolute Gasteiger partial charge is 0.390 e. The number of aliphatic hydroxyl groups excluding tert-OH is 1.